The van der Waals surface area contributed by atoms with Crippen molar-refractivity contribution in [1.82, 2.24) is 15.0 Å². The van der Waals surface area contributed by atoms with Crippen LogP contribution >= 0.6 is 15.9 Å². The minimum atomic E-state index is -0.602. The van der Waals surface area contributed by atoms with Gasteiger partial charge in [-0.15, -0.1) is 0 Å². The Morgan fingerprint density at radius 1 is 1.21 bits per heavy atom. The van der Waals surface area contributed by atoms with Crippen molar-refractivity contribution in [3.8, 4) is 0 Å². The first-order valence-corrected chi connectivity index (χ1v) is 8.79. The highest BCUT2D eigenvalue weighted by molar-refractivity contribution is 9.10. The molecule has 2 aromatic heterocycles. The third-order valence-corrected chi connectivity index (χ3v) is 5.28. The summed E-state index contributed by atoms with van der Waals surface area (Å²) in [4.78, 5) is 27.8. The Morgan fingerprint density at radius 2 is 1.96 bits per heavy atom. The van der Waals surface area contributed by atoms with Crippen LogP contribution in [0.4, 0.5) is 11.6 Å². The molecule has 4 rings (SSSR count). The number of pyridine rings is 1. The third-order valence-electron chi connectivity index (χ3n) is 4.81. The number of rotatable bonds is 3. The molecule has 3 heterocycles. The average molecular weight is 388 g/mol. The number of aromatic nitrogens is 3. The van der Waals surface area contributed by atoms with Gasteiger partial charge in [-0.25, -0.2) is 9.97 Å². The van der Waals surface area contributed by atoms with E-state index in [0.717, 1.165) is 34.6 Å². The van der Waals surface area contributed by atoms with Gasteiger partial charge in [-0.3, -0.25) is 14.7 Å². The Morgan fingerprint density at radius 3 is 2.67 bits per heavy atom. The molecule has 7 heteroatoms. The number of hydrogen-bond acceptors (Lipinski definition) is 5. The van der Waals surface area contributed by atoms with Crippen LogP contribution in [0.25, 0.3) is 0 Å². The van der Waals surface area contributed by atoms with Crippen molar-refractivity contribution < 1.29 is 4.79 Å². The molecule has 1 saturated carbocycles. The summed E-state index contributed by atoms with van der Waals surface area (Å²) in [7, 11) is 0. The molecule has 2 aromatic rings. The quantitative estimate of drug-likeness (QED) is 0.876. The Balaban J connectivity index is 1.47. The minimum Gasteiger partial charge on any atom is -0.367 e. The molecule has 6 nitrogen and oxygen atoms in total. The molecule has 0 radical (unpaired) electrons. The number of amides is 1. The van der Waals surface area contributed by atoms with Gasteiger partial charge in [0.25, 0.3) is 0 Å². The number of halogens is 1. The second kappa shape index (κ2) is 5.51. The summed E-state index contributed by atoms with van der Waals surface area (Å²) >= 11 is 3.38. The SMILES string of the molecule is CC1(C)C(=O)N([C@H]2C[C@H](Nc3ccc(Br)cn3)C2)c2nccnc21. The normalized spacial score (nSPS) is 24.5. The lowest BCUT2D eigenvalue weighted by molar-refractivity contribution is -0.123. The molecule has 1 aliphatic carbocycles. The van der Waals surface area contributed by atoms with Crippen molar-refractivity contribution in [1.29, 1.82) is 0 Å². The zero-order chi connectivity index (χ0) is 16.9. The Hall–Kier alpha value is -2.02. The van der Waals surface area contributed by atoms with Gasteiger partial charge in [-0.05, 0) is 54.8 Å². The number of fused-ring (bicyclic) bond motifs is 1. The van der Waals surface area contributed by atoms with Crippen LogP contribution in [0.2, 0.25) is 0 Å². The van der Waals surface area contributed by atoms with Crippen LogP contribution in [0.1, 0.15) is 32.4 Å². The van der Waals surface area contributed by atoms with E-state index in [9.17, 15) is 4.79 Å². The molecule has 24 heavy (non-hydrogen) atoms. The first kappa shape index (κ1) is 15.5. The highest BCUT2D eigenvalue weighted by Gasteiger charge is 2.51. The van der Waals surface area contributed by atoms with Gasteiger partial charge in [-0.2, -0.15) is 0 Å². The van der Waals surface area contributed by atoms with Crippen molar-refractivity contribution >= 4 is 33.5 Å². The van der Waals surface area contributed by atoms with E-state index in [0.29, 0.717) is 6.04 Å². The second-order valence-electron chi connectivity index (χ2n) is 6.86. The molecule has 0 saturated heterocycles. The second-order valence-corrected chi connectivity index (χ2v) is 7.77. The number of anilines is 2. The van der Waals surface area contributed by atoms with Gasteiger partial charge < -0.3 is 5.32 Å². The van der Waals surface area contributed by atoms with Crippen molar-refractivity contribution in [2.45, 2.75) is 44.2 Å². The van der Waals surface area contributed by atoms with Crippen LogP contribution in [0.15, 0.2) is 35.2 Å². The number of nitrogens with zero attached hydrogens (tertiary/aromatic N) is 4. The predicted molar refractivity (Wildman–Crippen MR) is 94.9 cm³/mol. The fourth-order valence-corrected chi connectivity index (χ4v) is 3.61. The first-order chi connectivity index (χ1) is 11.5. The molecule has 0 aromatic carbocycles. The lowest BCUT2D eigenvalue weighted by Gasteiger charge is -2.41. The summed E-state index contributed by atoms with van der Waals surface area (Å²) in [6, 6.07) is 4.40. The fourth-order valence-electron chi connectivity index (χ4n) is 3.37. The largest absolute Gasteiger partial charge is 0.367 e. The van der Waals surface area contributed by atoms with E-state index in [4.69, 9.17) is 0 Å². The number of nitrogens with one attached hydrogen (secondary N) is 1. The monoisotopic (exact) mass is 387 g/mol. The molecule has 124 valence electrons. The highest BCUT2D eigenvalue weighted by Crippen LogP contribution is 2.43. The molecule has 1 fully saturated rings. The van der Waals surface area contributed by atoms with Gasteiger partial charge in [0.1, 0.15) is 5.82 Å². The molecular weight excluding hydrogens is 370 g/mol. The molecule has 0 unspecified atom stereocenters. The molecule has 1 amide bonds. The van der Waals surface area contributed by atoms with Gasteiger partial charge >= 0.3 is 0 Å². The van der Waals surface area contributed by atoms with Gasteiger partial charge in [0.15, 0.2) is 5.82 Å². The molecule has 1 aliphatic heterocycles. The van der Waals surface area contributed by atoms with Crippen LogP contribution in [-0.2, 0) is 10.2 Å². The first-order valence-electron chi connectivity index (χ1n) is 8.00. The van der Waals surface area contributed by atoms with Crippen LogP contribution in [0.5, 0.6) is 0 Å². The maximum Gasteiger partial charge on any atom is 0.240 e. The zero-order valence-electron chi connectivity index (χ0n) is 13.5. The maximum atomic E-state index is 12.8. The molecule has 0 bridgehead atoms. The maximum absolute atomic E-state index is 12.8. The van der Waals surface area contributed by atoms with Crippen molar-refractivity contribution in [3.63, 3.8) is 0 Å². The van der Waals surface area contributed by atoms with E-state index in [1.165, 1.54) is 0 Å². The molecular formula is C17H18BrN5O. The van der Waals surface area contributed by atoms with Crippen LogP contribution in [0.3, 0.4) is 0 Å². The third kappa shape index (κ3) is 2.38. The van der Waals surface area contributed by atoms with Crippen LogP contribution in [0, 0.1) is 0 Å². The van der Waals surface area contributed by atoms with E-state index in [-0.39, 0.29) is 11.9 Å². The van der Waals surface area contributed by atoms with Gasteiger partial charge in [0.05, 0.1) is 11.1 Å². The van der Waals surface area contributed by atoms with E-state index < -0.39 is 5.41 Å². The van der Waals surface area contributed by atoms with Crippen molar-refractivity contribution in [2.75, 3.05) is 10.2 Å². The zero-order valence-corrected chi connectivity index (χ0v) is 15.1. The Bertz CT molecular complexity index is 786. The molecule has 0 spiro atoms. The standard InChI is InChI=1S/C17H18BrN5O/c1-17(2)14-15(20-6-5-19-14)23(16(17)24)12-7-11(8-12)22-13-4-3-10(18)9-21-13/h3-6,9,11-12H,7-8H2,1-2H3,(H,21,22)/t11-,12-. The average Bonchev–Trinajstić information content (AvgIpc) is 2.73. The minimum absolute atomic E-state index is 0.0916. The van der Waals surface area contributed by atoms with E-state index in [1.807, 2.05) is 30.9 Å². The Kier molecular flexibility index (Phi) is 3.56. The number of carbonyl (C=O) groups is 1. The summed E-state index contributed by atoms with van der Waals surface area (Å²) in [5, 5.41) is 3.41. The summed E-state index contributed by atoms with van der Waals surface area (Å²) in [6.45, 7) is 3.84. The van der Waals surface area contributed by atoms with Crippen LogP contribution in [-0.4, -0.2) is 32.9 Å². The summed E-state index contributed by atoms with van der Waals surface area (Å²) < 4.78 is 0.958. The molecule has 1 N–H and O–H groups in total. The van der Waals surface area contributed by atoms with Gasteiger partial charge in [0, 0.05) is 35.1 Å². The smallest absolute Gasteiger partial charge is 0.240 e. The lowest BCUT2D eigenvalue weighted by atomic mass is 9.84. The van der Waals surface area contributed by atoms with E-state index in [2.05, 4.69) is 36.2 Å². The summed E-state index contributed by atoms with van der Waals surface area (Å²) in [6.07, 6.45) is 6.85. The van der Waals surface area contributed by atoms with E-state index in [1.54, 1.807) is 18.6 Å². The summed E-state index contributed by atoms with van der Waals surface area (Å²) in [5.74, 6) is 1.67. The molecule has 2 aliphatic rings. The lowest BCUT2D eigenvalue weighted by Crippen LogP contribution is -2.53. The summed E-state index contributed by atoms with van der Waals surface area (Å²) in [5.41, 5.74) is 0.177. The van der Waals surface area contributed by atoms with Gasteiger partial charge in [-0.1, -0.05) is 0 Å². The van der Waals surface area contributed by atoms with Crippen molar-refractivity contribution in [3.05, 3.63) is 40.9 Å². The molecule has 0 atom stereocenters. The predicted octanol–water partition coefficient (Wildman–Crippen LogP) is 2.90. The van der Waals surface area contributed by atoms with E-state index >= 15 is 0 Å². The Labute approximate surface area is 148 Å². The number of hydrogen-bond donors (Lipinski definition) is 1. The highest BCUT2D eigenvalue weighted by atomic mass is 79.9. The topological polar surface area (TPSA) is 71.0 Å². The number of carbonyl (C=O) groups excluding carboxylic acids is 1. The van der Waals surface area contributed by atoms with Crippen molar-refractivity contribution in [2.24, 2.45) is 0 Å². The van der Waals surface area contributed by atoms with Gasteiger partial charge in [0.2, 0.25) is 5.91 Å². The van der Waals surface area contributed by atoms with Crippen LogP contribution < -0.4 is 10.2 Å². The fraction of sp³-hybridized carbons (Fsp3) is 0.412.